The Bertz CT molecular complexity index is 1290. The van der Waals surface area contributed by atoms with E-state index in [1.807, 2.05) is 37.8 Å². The normalized spacial score (nSPS) is 20.3. The molecule has 0 unspecified atom stereocenters. The highest BCUT2D eigenvalue weighted by Gasteiger charge is 2.41. The molecule has 2 aliphatic heterocycles. The highest BCUT2D eigenvalue weighted by atomic mass is 19.4. The van der Waals surface area contributed by atoms with Crippen molar-refractivity contribution in [1.82, 2.24) is 20.0 Å². The van der Waals surface area contributed by atoms with Crippen LogP contribution in [0.25, 0.3) is 0 Å². The van der Waals surface area contributed by atoms with Gasteiger partial charge in [0.25, 0.3) is 5.91 Å². The van der Waals surface area contributed by atoms with E-state index in [-0.39, 0.29) is 29.6 Å². The van der Waals surface area contributed by atoms with Crippen LogP contribution in [-0.4, -0.2) is 91.2 Å². The number of urea groups is 1. The summed E-state index contributed by atoms with van der Waals surface area (Å²) in [6, 6.07) is 8.86. The molecule has 2 saturated heterocycles. The van der Waals surface area contributed by atoms with Crippen molar-refractivity contribution in [3.63, 3.8) is 0 Å². The number of amides is 3. The Hall–Kier alpha value is -3.15. The summed E-state index contributed by atoms with van der Waals surface area (Å²) in [5.74, 6) is 0.0174. The van der Waals surface area contributed by atoms with Gasteiger partial charge in [0.2, 0.25) is 0 Å². The number of alkyl halides is 3. The summed E-state index contributed by atoms with van der Waals surface area (Å²) in [4.78, 5) is 32.4. The van der Waals surface area contributed by atoms with Crippen LogP contribution in [0.1, 0.15) is 72.3 Å². The van der Waals surface area contributed by atoms with Gasteiger partial charge in [-0.05, 0) is 88.4 Å². The molecule has 0 radical (unpaired) electrons. The van der Waals surface area contributed by atoms with E-state index in [1.165, 1.54) is 0 Å². The lowest BCUT2D eigenvalue weighted by Crippen LogP contribution is -2.62. The Balaban J connectivity index is 1.38. The average molecular weight is 618 g/mol. The fraction of sp³-hybridized carbons (Fsp3) is 0.576. The molecule has 8 nitrogen and oxygen atoms in total. The number of anilines is 1. The molecule has 2 aromatic carbocycles. The van der Waals surface area contributed by atoms with E-state index in [9.17, 15) is 22.8 Å². The molecule has 0 bridgehead atoms. The van der Waals surface area contributed by atoms with Crippen LogP contribution in [0, 0.1) is 13.8 Å². The molecule has 0 saturated carbocycles. The number of carbonyl (C=O) groups is 2. The lowest BCUT2D eigenvalue weighted by molar-refractivity contribution is -0.137. The van der Waals surface area contributed by atoms with Gasteiger partial charge in [0.1, 0.15) is 0 Å². The van der Waals surface area contributed by atoms with Gasteiger partial charge in [0.15, 0.2) is 0 Å². The van der Waals surface area contributed by atoms with Gasteiger partial charge in [-0.2, -0.15) is 13.2 Å². The van der Waals surface area contributed by atoms with Gasteiger partial charge in [-0.3, -0.25) is 14.6 Å². The SMILES string of the molecule is CCNC(=O)Nc1cc(C)c(C(=O)N2CCC(C)(N3CCN([C@@H](COC)c4ccc(C(F)(F)F)cc4)[C@@H](C)C3)CC2)c(C)c1. The lowest BCUT2D eigenvalue weighted by Gasteiger charge is -2.52. The second-order valence-electron chi connectivity index (χ2n) is 12.4. The fourth-order valence-electron chi connectivity index (χ4n) is 6.74. The first-order chi connectivity index (χ1) is 20.8. The molecule has 0 aliphatic carbocycles. The zero-order valence-electron chi connectivity index (χ0n) is 26.7. The van der Waals surface area contributed by atoms with Crippen molar-refractivity contribution in [1.29, 1.82) is 0 Å². The summed E-state index contributed by atoms with van der Waals surface area (Å²) >= 11 is 0. The molecule has 242 valence electrons. The maximum atomic E-state index is 13.6. The van der Waals surface area contributed by atoms with Crippen LogP contribution < -0.4 is 10.6 Å². The van der Waals surface area contributed by atoms with Gasteiger partial charge < -0.3 is 20.3 Å². The van der Waals surface area contributed by atoms with E-state index in [0.717, 1.165) is 61.3 Å². The van der Waals surface area contributed by atoms with E-state index >= 15 is 0 Å². The third-order valence-electron chi connectivity index (χ3n) is 9.26. The zero-order valence-corrected chi connectivity index (χ0v) is 26.7. The van der Waals surface area contributed by atoms with Crippen LogP contribution in [0.5, 0.6) is 0 Å². The number of hydrogen-bond acceptors (Lipinski definition) is 5. The van der Waals surface area contributed by atoms with Crippen molar-refractivity contribution in [2.75, 3.05) is 58.3 Å². The van der Waals surface area contributed by atoms with Crippen molar-refractivity contribution < 1.29 is 27.5 Å². The Kier molecular flexibility index (Phi) is 10.6. The lowest BCUT2D eigenvalue weighted by atomic mass is 9.85. The maximum absolute atomic E-state index is 13.6. The zero-order chi connectivity index (χ0) is 32.2. The maximum Gasteiger partial charge on any atom is 0.416 e. The molecular formula is C33H46F3N5O3. The number of rotatable bonds is 8. The number of aryl methyl sites for hydroxylation is 2. The quantitative estimate of drug-likeness (QED) is 0.389. The molecule has 4 rings (SSSR count). The summed E-state index contributed by atoms with van der Waals surface area (Å²) in [5, 5.41) is 5.54. The summed E-state index contributed by atoms with van der Waals surface area (Å²) in [5.41, 5.74) is 3.11. The monoisotopic (exact) mass is 617 g/mol. The molecule has 2 fully saturated rings. The number of methoxy groups -OCH3 is 1. The van der Waals surface area contributed by atoms with E-state index in [0.29, 0.717) is 37.5 Å². The van der Waals surface area contributed by atoms with Gasteiger partial charge in [-0.15, -0.1) is 0 Å². The number of ether oxygens (including phenoxy) is 1. The third-order valence-corrected chi connectivity index (χ3v) is 9.26. The van der Waals surface area contributed by atoms with Gasteiger partial charge in [0.05, 0.1) is 18.2 Å². The van der Waals surface area contributed by atoms with E-state index in [2.05, 4.69) is 34.3 Å². The number of nitrogens with zero attached hydrogens (tertiary/aromatic N) is 3. The summed E-state index contributed by atoms with van der Waals surface area (Å²) in [6.45, 7) is 14.7. The largest absolute Gasteiger partial charge is 0.416 e. The molecule has 44 heavy (non-hydrogen) atoms. The molecule has 3 amide bonds. The molecule has 11 heteroatoms. The number of halogens is 3. The number of hydrogen-bond donors (Lipinski definition) is 2. The minimum atomic E-state index is -4.36. The van der Waals surface area contributed by atoms with Crippen LogP contribution in [0.2, 0.25) is 0 Å². The minimum absolute atomic E-state index is 0.0174. The first-order valence-electron chi connectivity index (χ1n) is 15.4. The summed E-state index contributed by atoms with van der Waals surface area (Å²) in [6.07, 6.45) is -2.67. The molecule has 2 N–H and O–H groups in total. The van der Waals surface area contributed by atoms with Crippen LogP contribution in [0.4, 0.5) is 23.7 Å². The fourth-order valence-corrected chi connectivity index (χ4v) is 6.74. The number of likely N-dealkylation sites (tertiary alicyclic amines) is 1. The number of benzene rings is 2. The summed E-state index contributed by atoms with van der Waals surface area (Å²) in [7, 11) is 1.62. The second-order valence-corrected chi connectivity index (χ2v) is 12.4. The third kappa shape index (κ3) is 7.55. The van der Waals surface area contributed by atoms with Gasteiger partial charge >= 0.3 is 12.2 Å². The van der Waals surface area contributed by atoms with Crippen molar-refractivity contribution in [2.45, 2.75) is 71.3 Å². The first kappa shape index (κ1) is 33.7. The van der Waals surface area contributed by atoms with Crippen molar-refractivity contribution in [2.24, 2.45) is 0 Å². The van der Waals surface area contributed by atoms with Gasteiger partial charge in [-0.25, -0.2) is 4.79 Å². The van der Waals surface area contributed by atoms with Crippen LogP contribution in [0.3, 0.4) is 0 Å². The van der Waals surface area contributed by atoms with Crippen molar-refractivity contribution >= 4 is 17.6 Å². The number of nitrogens with one attached hydrogen (secondary N) is 2. The Morgan fingerprint density at radius 2 is 1.66 bits per heavy atom. The molecule has 0 spiro atoms. The molecule has 2 heterocycles. The van der Waals surface area contributed by atoms with Crippen molar-refractivity contribution in [3.05, 3.63) is 64.2 Å². The summed E-state index contributed by atoms with van der Waals surface area (Å²) < 4.78 is 44.9. The first-order valence-corrected chi connectivity index (χ1v) is 15.4. The topological polar surface area (TPSA) is 77.2 Å². The Morgan fingerprint density at radius 3 is 2.18 bits per heavy atom. The molecule has 2 aromatic rings. The molecule has 2 atom stereocenters. The van der Waals surface area contributed by atoms with Crippen LogP contribution >= 0.6 is 0 Å². The van der Waals surface area contributed by atoms with E-state index in [1.54, 1.807) is 19.2 Å². The number of carbonyl (C=O) groups excluding carboxylic acids is 2. The van der Waals surface area contributed by atoms with Gasteiger partial charge in [-0.1, -0.05) is 12.1 Å². The van der Waals surface area contributed by atoms with E-state index in [4.69, 9.17) is 4.74 Å². The predicted octanol–water partition coefficient (Wildman–Crippen LogP) is 5.85. The van der Waals surface area contributed by atoms with Crippen LogP contribution in [0.15, 0.2) is 36.4 Å². The highest BCUT2D eigenvalue weighted by molar-refractivity contribution is 5.98. The molecule has 0 aromatic heterocycles. The van der Waals surface area contributed by atoms with Crippen molar-refractivity contribution in [3.8, 4) is 0 Å². The molecular weight excluding hydrogens is 571 g/mol. The highest BCUT2D eigenvalue weighted by Crippen LogP contribution is 2.35. The number of piperidine rings is 1. The Labute approximate surface area is 258 Å². The minimum Gasteiger partial charge on any atom is -0.383 e. The van der Waals surface area contributed by atoms with Crippen LogP contribution in [-0.2, 0) is 10.9 Å². The standard InChI is InChI=1S/C33H46F3N5O3/c1-7-37-31(43)38-27-18-22(2)29(23(3)19-27)30(42)39-14-12-32(5,13-15-39)40-16-17-41(24(4)20-40)28(21-44-6)25-8-10-26(11-9-25)33(34,35)36/h8-11,18-19,24,28H,7,12-17,20-21H2,1-6H3,(H2,37,38,43)/t24-,28-/m0/s1. The smallest absolute Gasteiger partial charge is 0.383 e. The second kappa shape index (κ2) is 13.9. The Morgan fingerprint density at radius 1 is 1.05 bits per heavy atom. The van der Waals surface area contributed by atoms with Gasteiger partial charge in [0, 0.05) is 69.2 Å². The number of piperazine rings is 1. The van der Waals surface area contributed by atoms with E-state index < -0.39 is 11.7 Å². The molecule has 2 aliphatic rings. The average Bonchev–Trinajstić information content (AvgIpc) is 2.96. The predicted molar refractivity (Wildman–Crippen MR) is 166 cm³/mol.